The molecule has 3 nitrogen and oxygen atoms in total. The van der Waals surface area contributed by atoms with Gasteiger partial charge >= 0.3 is 5.97 Å². The van der Waals surface area contributed by atoms with E-state index in [0.29, 0.717) is 6.61 Å². The Bertz CT molecular complexity index is 1430. The van der Waals surface area contributed by atoms with Crippen LogP contribution in [-0.4, -0.2) is 18.3 Å². The number of benzene rings is 5. The monoisotopic (exact) mass is 571 g/mol. The van der Waals surface area contributed by atoms with E-state index in [1.807, 2.05) is 12.1 Å². The van der Waals surface area contributed by atoms with E-state index in [2.05, 4.69) is 139 Å². The lowest BCUT2D eigenvalue weighted by molar-refractivity contribution is -0.140. The molecule has 5 rings (SSSR count). The fourth-order valence-electron chi connectivity index (χ4n) is 5.14. The maximum atomic E-state index is 11.2. The van der Waals surface area contributed by atoms with Crippen LogP contribution in [0.2, 0.25) is 0 Å². The highest BCUT2D eigenvalue weighted by molar-refractivity contribution is 7.81. The van der Waals surface area contributed by atoms with Crippen molar-refractivity contribution < 1.29 is 9.53 Å². The van der Waals surface area contributed by atoms with E-state index in [4.69, 9.17) is 4.74 Å². The van der Waals surface area contributed by atoms with Crippen molar-refractivity contribution in [3.63, 3.8) is 0 Å². The van der Waals surface area contributed by atoms with Gasteiger partial charge in [-0.3, -0.25) is 4.79 Å². The second-order valence-electron chi connectivity index (χ2n) is 10.4. The second kappa shape index (κ2) is 15.1. The lowest BCUT2D eigenvalue weighted by Gasteiger charge is -2.26. The van der Waals surface area contributed by atoms with Crippen LogP contribution in [0.15, 0.2) is 133 Å². The molecule has 0 aliphatic carbocycles. The van der Waals surface area contributed by atoms with Crippen LogP contribution in [-0.2, 0) is 16.0 Å². The van der Waals surface area contributed by atoms with Gasteiger partial charge in [-0.25, -0.2) is 0 Å². The number of carbonyl (C=O) groups excluding carboxylic acids is 1. The summed E-state index contributed by atoms with van der Waals surface area (Å²) in [7, 11) is 0. The largest absolute Gasteiger partial charge is 0.465 e. The van der Waals surface area contributed by atoms with Crippen molar-refractivity contribution in [1.82, 2.24) is 0 Å². The summed E-state index contributed by atoms with van der Waals surface area (Å²) in [6.07, 6.45) is 5.23. The van der Waals surface area contributed by atoms with E-state index >= 15 is 0 Å². The highest BCUT2D eigenvalue weighted by Gasteiger charge is 2.13. The van der Waals surface area contributed by atoms with Gasteiger partial charge in [0.1, 0.15) is 0 Å². The molecule has 0 aromatic heterocycles. The average Bonchev–Trinajstić information content (AvgIpc) is 3.06. The molecule has 42 heavy (non-hydrogen) atoms. The molecule has 0 atom stereocenters. The predicted molar refractivity (Wildman–Crippen MR) is 179 cm³/mol. The molecule has 5 aromatic rings. The first-order valence-corrected chi connectivity index (χ1v) is 15.3. The summed E-state index contributed by atoms with van der Waals surface area (Å²) in [5.74, 6) is -0.0995. The number of unbranched alkanes of at least 4 members (excludes halogenated alkanes) is 3. The molecule has 0 fully saturated rings. The van der Waals surface area contributed by atoms with Crippen LogP contribution >= 0.6 is 12.6 Å². The molecule has 0 radical (unpaired) electrons. The normalized spacial score (nSPS) is 10.8. The minimum Gasteiger partial charge on any atom is -0.465 e. The number of carbonyl (C=O) groups is 1. The predicted octanol–water partition coefficient (Wildman–Crippen LogP) is 10.1. The Morgan fingerprint density at radius 1 is 0.524 bits per heavy atom. The van der Waals surface area contributed by atoms with Gasteiger partial charge in [-0.15, -0.1) is 0 Å². The molecule has 4 heteroatoms. The highest BCUT2D eigenvalue weighted by atomic mass is 32.1. The zero-order valence-corrected chi connectivity index (χ0v) is 24.8. The van der Waals surface area contributed by atoms with E-state index in [0.717, 1.165) is 49.2 Å². The van der Waals surface area contributed by atoms with Crippen LogP contribution in [0.1, 0.15) is 31.2 Å². The van der Waals surface area contributed by atoms with Crippen molar-refractivity contribution >= 4 is 35.7 Å². The molecule has 5 aromatic carbocycles. The molecular weight excluding hydrogens is 534 g/mol. The molecule has 0 amide bonds. The topological polar surface area (TPSA) is 29.5 Å². The standard InChI is InChI=1S/C38H37NO2S/c40-38(29-42)41-28-10-2-1-5-11-30-16-22-35(23-17-30)39(36-24-18-33(19-25-36)31-12-6-3-7-13-31)37-26-20-34(21-27-37)32-14-8-4-9-15-32/h3-4,6-9,12-27,42H,1-2,5,10-11,28-29H2. The van der Waals surface area contributed by atoms with Crippen LogP contribution in [0.25, 0.3) is 22.3 Å². The van der Waals surface area contributed by atoms with Gasteiger partial charge in [0.25, 0.3) is 0 Å². The Morgan fingerprint density at radius 3 is 1.43 bits per heavy atom. The molecule has 0 bridgehead atoms. The highest BCUT2D eigenvalue weighted by Crippen LogP contribution is 2.36. The third-order valence-electron chi connectivity index (χ3n) is 7.41. The van der Waals surface area contributed by atoms with Gasteiger partial charge in [-0.2, -0.15) is 12.6 Å². The molecular formula is C38H37NO2S. The van der Waals surface area contributed by atoms with Crippen molar-refractivity contribution in [3.8, 4) is 22.3 Å². The Morgan fingerprint density at radius 2 is 0.952 bits per heavy atom. The minimum atomic E-state index is -0.244. The summed E-state index contributed by atoms with van der Waals surface area (Å²) >= 11 is 3.93. The maximum absolute atomic E-state index is 11.2. The van der Waals surface area contributed by atoms with Crippen molar-refractivity contribution in [1.29, 1.82) is 0 Å². The summed E-state index contributed by atoms with van der Waals surface area (Å²) in [6.45, 7) is 0.489. The Kier molecular flexibility index (Phi) is 10.5. The third-order valence-corrected chi connectivity index (χ3v) is 7.67. The molecule has 0 saturated carbocycles. The summed E-state index contributed by atoms with van der Waals surface area (Å²) in [5.41, 5.74) is 9.53. The molecule has 0 saturated heterocycles. The van der Waals surface area contributed by atoms with Crippen LogP contribution < -0.4 is 4.90 Å². The van der Waals surface area contributed by atoms with E-state index in [-0.39, 0.29) is 11.7 Å². The smallest absolute Gasteiger partial charge is 0.315 e. The lowest BCUT2D eigenvalue weighted by atomic mass is 10.0. The third kappa shape index (κ3) is 7.92. The minimum absolute atomic E-state index is 0.144. The van der Waals surface area contributed by atoms with Gasteiger partial charge in [0.05, 0.1) is 12.4 Å². The number of hydrogen-bond donors (Lipinski definition) is 1. The van der Waals surface area contributed by atoms with E-state index < -0.39 is 0 Å². The van der Waals surface area contributed by atoms with E-state index in [1.54, 1.807) is 0 Å². The number of esters is 1. The van der Waals surface area contributed by atoms with Crippen LogP contribution in [0.3, 0.4) is 0 Å². The van der Waals surface area contributed by atoms with Crippen LogP contribution in [0.5, 0.6) is 0 Å². The number of nitrogens with zero attached hydrogens (tertiary/aromatic N) is 1. The zero-order chi connectivity index (χ0) is 29.0. The molecule has 0 N–H and O–H groups in total. The van der Waals surface area contributed by atoms with Crippen LogP contribution in [0, 0.1) is 0 Å². The van der Waals surface area contributed by atoms with Gasteiger partial charge in [0, 0.05) is 17.1 Å². The summed E-state index contributed by atoms with van der Waals surface area (Å²) in [6, 6.07) is 47.5. The summed E-state index contributed by atoms with van der Waals surface area (Å²) in [4.78, 5) is 13.5. The van der Waals surface area contributed by atoms with E-state index in [9.17, 15) is 4.79 Å². The number of ether oxygens (including phenoxy) is 1. The van der Waals surface area contributed by atoms with Crippen molar-refractivity contribution in [2.45, 2.75) is 32.1 Å². The van der Waals surface area contributed by atoms with Crippen molar-refractivity contribution in [3.05, 3.63) is 139 Å². The number of hydrogen-bond acceptors (Lipinski definition) is 4. The number of aryl methyl sites for hydroxylation is 1. The first-order chi connectivity index (χ1) is 20.7. The fourth-order valence-corrected chi connectivity index (χ4v) is 5.23. The first-order valence-electron chi connectivity index (χ1n) is 14.7. The zero-order valence-electron chi connectivity index (χ0n) is 23.9. The first kappa shape index (κ1) is 29.2. The van der Waals surface area contributed by atoms with Crippen molar-refractivity contribution in [2.24, 2.45) is 0 Å². The lowest BCUT2D eigenvalue weighted by Crippen LogP contribution is -2.10. The maximum Gasteiger partial charge on any atom is 0.315 e. The molecule has 0 spiro atoms. The molecule has 0 aliphatic rings. The molecule has 0 heterocycles. The van der Waals surface area contributed by atoms with Gasteiger partial charge in [-0.1, -0.05) is 110 Å². The number of anilines is 3. The quantitative estimate of drug-likeness (QED) is 0.0866. The number of thiol groups is 1. The summed E-state index contributed by atoms with van der Waals surface area (Å²) in [5, 5.41) is 0. The fraction of sp³-hybridized carbons (Fsp3) is 0.184. The molecule has 0 unspecified atom stereocenters. The SMILES string of the molecule is O=C(CS)OCCCCCCc1ccc(N(c2ccc(-c3ccccc3)cc2)c2ccc(-c3ccccc3)cc2)cc1. The van der Waals surface area contributed by atoms with Crippen molar-refractivity contribution in [2.75, 3.05) is 17.3 Å². The average molecular weight is 572 g/mol. The number of rotatable bonds is 13. The Balaban J connectivity index is 1.31. The van der Waals surface area contributed by atoms with Gasteiger partial charge in [-0.05, 0) is 83.5 Å². The molecule has 0 aliphatic heterocycles. The Labute approximate surface area is 255 Å². The Hall–Kier alpha value is -4.28. The van der Waals surface area contributed by atoms with E-state index in [1.165, 1.54) is 27.8 Å². The van der Waals surface area contributed by atoms with Crippen LogP contribution in [0.4, 0.5) is 17.1 Å². The van der Waals surface area contributed by atoms with Gasteiger partial charge in [0.15, 0.2) is 0 Å². The second-order valence-corrected chi connectivity index (χ2v) is 10.7. The summed E-state index contributed by atoms with van der Waals surface area (Å²) < 4.78 is 5.10. The van der Waals surface area contributed by atoms with Gasteiger partial charge in [0.2, 0.25) is 0 Å². The molecule has 212 valence electrons. The van der Waals surface area contributed by atoms with Gasteiger partial charge < -0.3 is 9.64 Å².